The van der Waals surface area contributed by atoms with E-state index >= 15 is 0 Å². The van der Waals surface area contributed by atoms with Gasteiger partial charge in [-0.2, -0.15) is 0 Å². The number of halogens is 1. The van der Waals surface area contributed by atoms with Crippen LogP contribution < -0.4 is 0 Å². The molecule has 2 rings (SSSR count). The van der Waals surface area contributed by atoms with Gasteiger partial charge < -0.3 is 0 Å². The van der Waals surface area contributed by atoms with Gasteiger partial charge in [-0.1, -0.05) is 11.6 Å². The molecule has 1 aliphatic rings. The van der Waals surface area contributed by atoms with Gasteiger partial charge >= 0.3 is 0 Å². The van der Waals surface area contributed by atoms with E-state index in [0.29, 0.717) is 12.4 Å². The minimum atomic E-state index is 0.0603. The van der Waals surface area contributed by atoms with Crippen LogP contribution in [0.5, 0.6) is 0 Å². The highest BCUT2D eigenvalue weighted by Gasteiger charge is 2.18. The lowest BCUT2D eigenvalue weighted by Crippen LogP contribution is -2.28. The zero-order valence-electron chi connectivity index (χ0n) is 8.65. The second-order valence-electron chi connectivity index (χ2n) is 3.38. The molecule has 1 saturated heterocycles. The maximum atomic E-state index is 11.6. The number of nitrogens with zero attached hydrogens (tertiary/aromatic N) is 1. The van der Waals surface area contributed by atoms with Crippen molar-refractivity contribution in [3.8, 4) is 0 Å². The molecule has 1 aromatic heterocycles. The number of thiophene rings is 1. The molecule has 1 aliphatic heterocycles. The van der Waals surface area contributed by atoms with Gasteiger partial charge in [0.2, 0.25) is 0 Å². The highest BCUT2D eigenvalue weighted by Crippen LogP contribution is 2.25. The maximum absolute atomic E-state index is 11.6. The quantitative estimate of drug-likeness (QED) is 0.848. The Morgan fingerprint density at radius 1 is 1.62 bits per heavy atom. The molecule has 1 amide bonds. The third-order valence-electron chi connectivity index (χ3n) is 2.13. The summed E-state index contributed by atoms with van der Waals surface area (Å²) in [5.41, 5.74) is 0. The molecule has 0 unspecified atom stereocenters. The molecule has 88 valence electrons. The lowest BCUT2D eigenvalue weighted by Gasteiger charge is -2.12. The number of carbonyl (C=O) groups is 1. The summed E-state index contributed by atoms with van der Waals surface area (Å²) < 4.78 is 0.796. The molecule has 0 radical (unpaired) electrons. The number of rotatable bonds is 4. The maximum Gasteiger partial charge on any atom is 0.256 e. The van der Waals surface area contributed by atoms with Gasteiger partial charge in [-0.05, 0) is 18.6 Å². The van der Waals surface area contributed by atoms with Crippen LogP contribution in [0.2, 0.25) is 4.34 Å². The first-order valence-corrected chi connectivity index (χ1v) is 7.36. The van der Waals surface area contributed by atoms with E-state index in [0.717, 1.165) is 23.1 Å². The Bertz CT molecular complexity index is 363. The van der Waals surface area contributed by atoms with Gasteiger partial charge in [0.25, 0.3) is 5.91 Å². The Balaban J connectivity index is 1.69. The van der Waals surface area contributed by atoms with Crippen LogP contribution in [0, 0.1) is 0 Å². The smallest absolute Gasteiger partial charge is 0.256 e. The summed E-state index contributed by atoms with van der Waals surface area (Å²) in [6.07, 6.45) is 0.941. The zero-order chi connectivity index (χ0) is 11.4. The molecule has 6 heteroatoms. The van der Waals surface area contributed by atoms with E-state index in [1.807, 2.05) is 12.1 Å². The Morgan fingerprint density at radius 2 is 2.50 bits per heavy atom. The van der Waals surface area contributed by atoms with E-state index in [1.54, 1.807) is 23.1 Å². The predicted molar refractivity (Wildman–Crippen MR) is 67.8 cm³/mol. The third kappa shape index (κ3) is 3.38. The molecule has 0 atom stereocenters. The monoisotopic (exact) mass is 277 g/mol. The van der Waals surface area contributed by atoms with Gasteiger partial charge in [-0.3, -0.25) is 9.63 Å². The van der Waals surface area contributed by atoms with Crippen LogP contribution in [0.25, 0.3) is 0 Å². The lowest BCUT2D eigenvalue weighted by molar-refractivity contribution is -0.165. The van der Waals surface area contributed by atoms with Crippen molar-refractivity contribution in [3.63, 3.8) is 0 Å². The summed E-state index contributed by atoms with van der Waals surface area (Å²) in [7, 11) is 0. The van der Waals surface area contributed by atoms with Crippen molar-refractivity contribution in [3.05, 3.63) is 21.3 Å². The third-order valence-corrected chi connectivity index (χ3v) is 4.51. The first-order chi connectivity index (χ1) is 7.75. The summed E-state index contributed by atoms with van der Waals surface area (Å²) in [5.74, 6) is 1.36. The van der Waals surface area contributed by atoms with Gasteiger partial charge in [0.05, 0.1) is 23.2 Å². The van der Waals surface area contributed by atoms with Crippen molar-refractivity contribution < 1.29 is 9.63 Å². The zero-order valence-corrected chi connectivity index (χ0v) is 11.0. The normalized spacial score (nSPS) is 15.7. The summed E-state index contributed by atoms with van der Waals surface area (Å²) in [4.78, 5) is 18.0. The van der Waals surface area contributed by atoms with Gasteiger partial charge in [-0.15, -0.1) is 23.1 Å². The van der Waals surface area contributed by atoms with Crippen LogP contribution in [0.3, 0.4) is 0 Å². The molecular weight excluding hydrogens is 266 g/mol. The number of thioether (sulfide) groups is 1. The number of carbonyl (C=O) groups excluding carboxylic acids is 1. The first kappa shape index (κ1) is 12.2. The van der Waals surface area contributed by atoms with Gasteiger partial charge in [-0.25, -0.2) is 5.06 Å². The van der Waals surface area contributed by atoms with Crippen molar-refractivity contribution in [2.24, 2.45) is 0 Å². The molecule has 2 heterocycles. The second kappa shape index (κ2) is 5.91. The van der Waals surface area contributed by atoms with E-state index in [4.69, 9.17) is 16.4 Å². The van der Waals surface area contributed by atoms with E-state index in [2.05, 4.69) is 0 Å². The molecule has 0 saturated carbocycles. The summed E-state index contributed by atoms with van der Waals surface area (Å²) in [5, 5.41) is 1.47. The molecule has 1 aromatic rings. The molecule has 0 N–H and O–H groups in total. The number of hydroxylamine groups is 2. The first-order valence-electron chi connectivity index (χ1n) is 5.01. The van der Waals surface area contributed by atoms with Crippen molar-refractivity contribution in [2.45, 2.75) is 12.2 Å². The van der Waals surface area contributed by atoms with Crippen LogP contribution in [0.1, 0.15) is 11.3 Å². The van der Waals surface area contributed by atoms with Crippen LogP contribution in [-0.4, -0.2) is 29.9 Å². The minimum absolute atomic E-state index is 0.0603. The fourth-order valence-electron chi connectivity index (χ4n) is 1.38. The van der Waals surface area contributed by atoms with Crippen molar-refractivity contribution in [1.82, 2.24) is 5.06 Å². The largest absolute Gasteiger partial charge is 0.272 e. The molecule has 0 aromatic carbocycles. The predicted octanol–water partition coefficient (Wildman–Crippen LogP) is 2.80. The molecule has 1 fully saturated rings. The average Bonchev–Trinajstić information content (AvgIpc) is 2.89. The van der Waals surface area contributed by atoms with Gasteiger partial charge in [0, 0.05) is 10.6 Å². The van der Waals surface area contributed by atoms with Crippen molar-refractivity contribution in [2.75, 3.05) is 18.9 Å². The average molecular weight is 278 g/mol. The van der Waals surface area contributed by atoms with E-state index in [-0.39, 0.29) is 5.91 Å². The minimum Gasteiger partial charge on any atom is -0.272 e. The SMILES string of the molecule is O=C(CSCc1ccc(Cl)s1)N1CCCO1. The molecule has 0 spiro atoms. The summed E-state index contributed by atoms with van der Waals surface area (Å²) in [6.45, 7) is 1.39. The van der Waals surface area contributed by atoms with Crippen molar-refractivity contribution in [1.29, 1.82) is 0 Å². The number of hydrogen-bond donors (Lipinski definition) is 0. The summed E-state index contributed by atoms with van der Waals surface area (Å²) in [6, 6.07) is 3.88. The fraction of sp³-hybridized carbons (Fsp3) is 0.500. The Labute approximate surface area is 108 Å². The fourth-order valence-corrected chi connectivity index (χ4v) is 3.47. The Morgan fingerprint density at radius 3 is 3.12 bits per heavy atom. The van der Waals surface area contributed by atoms with Gasteiger partial charge in [0.1, 0.15) is 0 Å². The Kier molecular flexibility index (Phi) is 4.52. The van der Waals surface area contributed by atoms with Crippen molar-refractivity contribution >= 4 is 40.6 Å². The second-order valence-corrected chi connectivity index (χ2v) is 6.17. The highest BCUT2D eigenvalue weighted by molar-refractivity contribution is 7.99. The van der Waals surface area contributed by atoms with Crippen LogP contribution in [0.4, 0.5) is 0 Å². The Hall–Kier alpha value is -0.230. The molecule has 0 aliphatic carbocycles. The molecule has 0 bridgehead atoms. The van der Waals surface area contributed by atoms with Crippen LogP contribution in [0.15, 0.2) is 12.1 Å². The van der Waals surface area contributed by atoms with E-state index in [1.165, 1.54) is 9.94 Å². The molecular formula is C10H12ClNO2S2. The van der Waals surface area contributed by atoms with Crippen LogP contribution >= 0.6 is 34.7 Å². The molecule has 3 nitrogen and oxygen atoms in total. The van der Waals surface area contributed by atoms with Crippen LogP contribution in [-0.2, 0) is 15.4 Å². The highest BCUT2D eigenvalue weighted by atomic mass is 35.5. The topological polar surface area (TPSA) is 29.5 Å². The standard InChI is InChI=1S/C10H12ClNO2S2/c11-9-3-2-8(16-9)6-15-7-10(13)12-4-1-5-14-12/h2-3H,1,4-7H2. The molecule has 16 heavy (non-hydrogen) atoms. The summed E-state index contributed by atoms with van der Waals surface area (Å²) >= 11 is 8.97. The number of amides is 1. The number of hydrogen-bond acceptors (Lipinski definition) is 4. The van der Waals surface area contributed by atoms with Gasteiger partial charge in [0.15, 0.2) is 0 Å². The lowest BCUT2D eigenvalue weighted by atomic mass is 10.5. The van der Waals surface area contributed by atoms with E-state index in [9.17, 15) is 4.79 Å². The van der Waals surface area contributed by atoms with E-state index < -0.39 is 0 Å².